The molecule has 0 aliphatic carbocycles. The average molecular weight is 262 g/mol. The summed E-state index contributed by atoms with van der Waals surface area (Å²) < 4.78 is 11.3. The van der Waals surface area contributed by atoms with Crippen LogP contribution in [0.5, 0.6) is 11.5 Å². The molecule has 19 heavy (non-hydrogen) atoms. The van der Waals surface area contributed by atoms with Crippen molar-refractivity contribution in [3.63, 3.8) is 0 Å². The molecule has 104 valence electrons. The molecule has 0 saturated carbocycles. The molecule has 1 rings (SSSR count). The smallest absolute Gasteiger partial charge is 0.162 e. The lowest BCUT2D eigenvalue weighted by Gasteiger charge is -2.12. The Kier molecular flexibility index (Phi) is 7.53. The maximum atomic E-state index is 8.71. The van der Waals surface area contributed by atoms with Crippen LogP contribution in [0.3, 0.4) is 0 Å². The van der Waals surface area contributed by atoms with E-state index in [-0.39, 0.29) is 6.61 Å². The van der Waals surface area contributed by atoms with Gasteiger partial charge in [0.05, 0.1) is 19.8 Å². The van der Waals surface area contributed by atoms with E-state index in [0.29, 0.717) is 19.6 Å². The maximum Gasteiger partial charge on any atom is 0.162 e. The molecule has 1 N–H and O–H groups in total. The zero-order valence-electron chi connectivity index (χ0n) is 11.7. The van der Waals surface area contributed by atoms with Gasteiger partial charge in [0.1, 0.15) is 0 Å². The second-order valence-corrected chi connectivity index (χ2v) is 4.13. The number of benzene rings is 1. The number of hydrogen-bond donors (Lipinski definition) is 1. The van der Waals surface area contributed by atoms with E-state index in [0.717, 1.165) is 29.9 Å². The number of rotatable bonds is 7. The fourth-order valence-electron chi connectivity index (χ4n) is 1.46. The van der Waals surface area contributed by atoms with Gasteiger partial charge < -0.3 is 14.6 Å². The first-order chi connectivity index (χ1) is 9.31. The maximum absolute atomic E-state index is 8.71. The molecule has 0 atom stereocenters. The van der Waals surface area contributed by atoms with Crippen LogP contribution >= 0.6 is 0 Å². The van der Waals surface area contributed by atoms with Gasteiger partial charge in [-0.2, -0.15) is 0 Å². The Hall–Kier alpha value is -1.66. The molecular formula is C16H22O3. The van der Waals surface area contributed by atoms with E-state index in [1.165, 1.54) is 0 Å². The predicted octanol–water partition coefficient (Wildman–Crippen LogP) is 3.00. The second-order valence-electron chi connectivity index (χ2n) is 4.13. The first-order valence-corrected chi connectivity index (χ1v) is 6.81. The highest BCUT2D eigenvalue weighted by Crippen LogP contribution is 2.28. The van der Waals surface area contributed by atoms with Gasteiger partial charge in [-0.15, -0.1) is 0 Å². The van der Waals surface area contributed by atoms with Crippen molar-refractivity contribution in [1.29, 1.82) is 0 Å². The van der Waals surface area contributed by atoms with E-state index in [4.69, 9.17) is 14.6 Å². The third-order valence-corrected chi connectivity index (χ3v) is 2.34. The largest absolute Gasteiger partial charge is 0.490 e. The van der Waals surface area contributed by atoms with Crippen LogP contribution < -0.4 is 9.47 Å². The van der Waals surface area contributed by atoms with Crippen LogP contribution in [0.2, 0.25) is 0 Å². The third kappa shape index (κ3) is 5.67. The van der Waals surface area contributed by atoms with E-state index in [1.54, 1.807) is 0 Å². The van der Waals surface area contributed by atoms with Crippen molar-refractivity contribution < 1.29 is 14.6 Å². The zero-order chi connectivity index (χ0) is 13.9. The minimum Gasteiger partial charge on any atom is -0.490 e. The summed E-state index contributed by atoms with van der Waals surface area (Å²) in [4.78, 5) is 0. The summed E-state index contributed by atoms with van der Waals surface area (Å²) in [5, 5.41) is 8.71. The molecule has 0 bridgehead atoms. The molecule has 0 radical (unpaired) electrons. The summed E-state index contributed by atoms with van der Waals surface area (Å²) >= 11 is 0. The fraction of sp³-hybridized carbons (Fsp3) is 0.500. The molecule has 3 heteroatoms. The lowest BCUT2D eigenvalue weighted by molar-refractivity contribution is 0.268. The van der Waals surface area contributed by atoms with Gasteiger partial charge in [-0.25, -0.2) is 0 Å². The second kappa shape index (κ2) is 9.29. The van der Waals surface area contributed by atoms with Crippen LogP contribution in [-0.2, 0) is 0 Å². The third-order valence-electron chi connectivity index (χ3n) is 2.34. The van der Waals surface area contributed by atoms with Gasteiger partial charge in [-0.05, 0) is 31.0 Å². The van der Waals surface area contributed by atoms with E-state index < -0.39 is 0 Å². The van der Waals surface area contributed by atoms with Gasteiger partial charge in [-0.1, -0.05) is 25.7 Å². The first kappa shape index (κ1) is 15.4. The predicted molar refractivity (Wildman–Crippen MR) is 76.6 cm³/mol. The topological polar surface area (TPSA) is 38.7 Å². The summed E-state index contributed by atoms with van der Waals surface area (Å²) in [7, 11) is 0. The van der Waals surface area contributed by atoms with Crippen molar-refractivity contribution in [3.8, 4) is 23.3 Å². The molecule has 0 aliphatic rings. The van der Waals surface area contributed by atoms with Crippen LogP contribution in [0.4, 0.5) is 0 Å². The number of hydrogen-bond acceptors (Lipinski definition) is 3. The molecule has 0 heterocycles. The Bertz CT molecular complexity index is 429. The van der Waals surface area contributed by atoms with Crippen LogP contribution in [0.25, 0.3) is 0 Å². The molecule has 3 nitrogen and oxygen atoms in total. The Balaban J connectivity index is 2.84. The van der Waals surface area contributed by atoms with E-state index in [1.807, 2.05) is 18.2 Å². The van der Waals surface area contributed by atoms with Gasteiger partial charge in [0.2, 0.25) is 0 Å². The Labute approximate surface area is 115 Å². The number of ether oxygens (including phenoxy) is 2. The Morgan fingerprint density at radius 2 is 1.74 bits per heavy atom. The molecule has 1 aromatic carbocycles. The van der Waals surface area contributed by atoms with Gasteiger partial charge >= 0.3 is 0 Å². The van der Waals surface area contributed by atoms with Crippen LogP contribution in [-0.4, -0.2) is 24.9 Å². The molecule has 0 saturated heterocycles. The lowest BCUT2D eigenvalue weighted by Crippen LogP contribution is -2.01. The highest BCUT2D eigenvalue weighted by Gasteiger charge is 2.05. The monoisotopic (exact) mass is 262 g/mol. The van der Waals surface area contributed by atoms with E-state index >= 15 is 0 Å². The Morgan fingerprint density at radius 3 is 2.37 bits per heavy atom. The van der Waals surface area contributed by atoms with Crippen molar-refractivity contribution in [2.24, 2.45) is 0 Å². The SMILES string of the molecule is CCCOc1ccc(C#CCCO)cc1OCCC. The summed E-state index contributed by atoms with van der Waals surface area (Å²) in [6.07, 6.45) is 2.40. The van der Waals surface area contributed by atoms with Gasteiger partial charge in [0.15, 0.2) is 11.5 Å². The summed E-state index contributed by atoms with van der Waals surface area (Å²) in [6, 6.07) is 5.70. The standard InChI is InChI=1S/C16H22O3/c1-3-11-18-15-9-8-14(7-5-6-10-17)13-16(15)19-12-4-2/h8-9,13,17H,3-4,6,10-12H2,1-2H3. The molecule has 1 aromatic rings. The summed E-state index contributed by atoms with van der Waals surface area (Å²) in [6.45, 7) is 5.57. The van der Waals surface area contributed by atoms with Crippen LogP contribution in [0.1, 0.15) is 38.7 Å². The number of aliphatic hydroxyl groups excluding tert-OH is 1. The molecular weight excluding hydrogens is 240 g/mol. The summed E-state index contributed by atoms with van der Waals surface area (Å²) in [5.74, 6) is 7.41. The van der Waals surface area contributed by atoms with Gasteiger partial charge in [0, 0.05) is 12.0 Å². The fourth-order valence-corrected chi connectivity index (χ4v) is 1.46. The minimum atomic E-state index is 0.0872. The highest BCUT2D eigenvalue weighted by molar-refractivity contribution is 5.48. The molecule has 0 unspecified atom stereocenters. The van der Waals surface area contributed by atoms with Crippen molar-refractivity contribution >= 4 is 0 Å². The highest BCUT2D eigenvalue weighted by atomic mass is 16.5. The average Bonchev–Trinajstić information content (AvgIpc) is 2.44. The normalized spacial score (nSPS) is 9.63. The first-order valence-electron chi connectivity index (χ1n) is 6.81. The Morgan fingerprint density at radius 1 is 1.05 bits per heavy atom. The molecule has 0 fully saturated rings. The zero-order valence-corrected chi connectivity index (χ0v) is 11.7. The van der Waals surface area contributed by atoms with E-state index in [2.05, 4.69) is 25.7 Å². The molecule has 0 amide bonds. The molecule has 0 aromatic heterocycles. The van der Waals surface area contributed by atoms with Crippen LogP contribution in [0, 0.1) is 11.8 Å². The molecule has 0 aliphatic heterocycles. The summed E-state index contributed by atoms with van der Waals surface area (Å²) in [5.41, 5.74) is 0.878. The van der Waals surface area contributed by atoms with Gasteiger partial charge in [-0.3, -0.25) is 0 Å². The van der Waals surface area contributed by atoms with Crippen molar-refractivity contribution in [1.82, 2.24) is 0 Å². The van der Waals surface area contributed by atoms with Crippen LogP contribution in [0.15, 0.2) is 18.2 Å². The quantitative estimate of drug-likeness (QED) is 0.768. The minimum absolute atomic E-state index is 0.0872. The molecule has 0 spiro atoms. The van der Waals surface area contributed by atoms with E-state index in [9.17, 15) is 0 Å². The number of aliphatic hydroxyl groups is 1. The van der Waals surface area contributed by atoms with Gasteiger partial charge in [0.25, 0.3) is 0 Å². The van der Waals surface area contributed by atoms with Crippen molar-refractivity contribution in [2.75, 3.05) is 19.8 Å². The lowest BCUT2D eigenvalue weighted by atomic mass is 10.2. The van der Waals surface area contributed by atoms with Crippen molar-refractivity contribution in [3.05, 3.63) is 23.8 Å². The van der Waals surface area contributed by atoms with Crippen molar-refractivity contribution in [2.45, 2.75) is 33.1 Å².